The number of nitrogens with zero attached hydrogens (tertiary/aromatic N) is 2. The molecular formula is C15H19FN4O2. The maximum absolute atomic E-state index is 13.8. The maximum Gasteiger partial charge on any atom is 0.315 e. The van der Waals surface area contributed by atoms with Crippen molar-refractivity contribution >= 4 is 6.03 Å². The summed E-state index contributed by atoms with van der Waals surface area (Å²) in [5.74, 6) is -0.296. The molecule has 2 rings (SSSR count). The molecule has 0 saturated carbocycles. The lowest BCUT2D eigenvalue weighted by Gasteiger charge is -2.13. The van der Waals surface area contributed by atoms with Crippen molar-refractivity contribution in [3.05, 3.63) is 53.9 Å². The number of amides is 2. The van der Waals surface area contributed by atoms with Gasteiger partial charge in [-0.05, 0) is 24.6 Å². The Hall–Kier alpha value is -2.41. The predicted molar refractivity (Wildman–Crippen MR) is 79.6 cm³/mol. The monoisotopic (exact) mass is 306 g/mol. The fourth-order valence-electron chi connectivity index (χ4n) is 1.94. The van der Waals surface area contributed by atoms with Gasteiger partial charge >= 0.3 is 6.03 Å². The van der Waals surface area contributed by atoms with E-state index in [0.717, 1.165) is 5.56 Å². The molecule has 0 saturated heterocycles. The molecule has 2 amide bonds. The average molecular weight is 306 g/mol. The standard InChI is InChI=1S/C15H19FN4O2/c1-11(9-21)19-15(22)18-7-12-2-3-14(16)13(6-12)8-20-5-4-17-10-20/h2-6,10-11,21H,7-9H2,1H3,(H2,18,19,22)/t11-/m1/s1. The minimum Gasteiger partial charge on any atom is -0.394 e. The second-order valence-corrected chi connectivity index (χ2v) is 5.07. The van der Waals surface area contributed by atoms with Gasteiger partial charge in [0.2, 0.25) is 0 Å². The first-order valence-electron chi connectivity index (χ1n) is 6.96. The number of halogens is 1. The summed E-state index contributed by atoms with van der Waals surface area (Å²) in [7, 11) is 0. The lowest BCUT2D eigenvalue weighted by Crippen LogP contribution is -2.41. The molecule has 0 fully saturated rings. The number of aliphatic hydroxyl groups excluding tert-OH is 1. The fourth-order valence-corrected chi connectivity index (χ4v) is 1.94. The fraction of sp³-hybridized carbons (Fsp3) is 0.333. The zero-order valence-corrected chi connectivity index (χ0v) is 12.3. The highest BCUT2D eigenvalue weighted by molar-refractivity contribution is 5.74. The number of urea groups is 1. The Morgan fingerprint density at radius 2 is 2.32 bits per heavy atom. The zero-order chi connectivity index (χ0) is 15.9. The van der Waals surface area contributed by atoms with E-state index in [0.29, 0.717) is 12.1 Å². The van der Waals surface area contributed by atoms with Crippen LogP contribution in [0.2, 0.25) is 0 Å². The molecule has 22 heavy (non-hydrogen) atoms. The van der Waals surface area contributed by atoms with Crippen LogP contribution in [0, 0.1) is 5.82 Å². The minimum atomic E-state index is -0.373. The molecule has 118 valence electrons. The van der Waals surface area contributed by atoms with Crippen molar-refractivity contribution in [2.75, 3.05) is 6.61 Å². The van der Waals surface area contributed by atoms with Gasteiger partial charge in [0.1, 0.15) is 5.82 Å². The lowest BCUT2D eigenvalue weighted by atomic mass is 10.1. The number of benzene rings is 1. The van der Waals surface area contributed by atoms with Gasteiger partial charge in [-0.25, -0.2) is 14.2 Å². The smallest absolute Gasteiger partial charge is 0.315 e. The van der Waals surface area contributed by atoms with Gasteiger partial charge in [0.05, 0.1) is 25.5 Å². The van der Waals surface area contributed by atoms with E-state index in [9.17, 15) is 9.18 Å². The van der Waals surface area contributed by atoms with E-state index >= 15 is 0 Å². The Bertz CT molecular complexity index is 616. The molecule has 2 aromatic rings. The highest BCUT2D eigenvalue weighted by Gasteiger charge is 2.07. The quantitative estimate of drug-likeness (QED) is 0.751. The summed E-state index contributed by atoms with van der Waals surface area (Å²) in [5, 5.41) is 14.1. The summed E-state index contributed by atoms with van der Waals surface area (Å²) < 4.78 is 15.6. The van der Waals surface area contributed by atoms with Crippen molar-refractivity contribution in [3.63, 3.8) is 0 Å². The first-order chi connectivity index (χ1) is 10.6. The van der Waals surface area contributed by atoms with Gasteiger partial charge in [-0.1, -0.05) is 6.07 Å². The van der Waals surface area contributed by atoms with Crippen molar-refractivity contribution in [1.82, 2.24) is 20.2 Å². The van der Waals surface area contributed by atoms with E-state index in [2.05, 4.69) is 15.6 Å². The van der Waals surface area contributed by atoms with Crippen LogP contribution in [0.3, 0.4) is 0 Å². The Kier molecular flexibility index (Phi) is 5.48. The third kappa shape index (κ3) is 4.56. The molecule has 0 unspecified atom stereocenters. The number of rotatable bonds is 6. The van der Waals surface area contributed by atoms with Crippen LogP contribution in [0.4, 0.5) is 9.18 Å². The first kappa shape index (κ1) is 16.0. The number of hydrogen-bond acceptors (Lipinski definition) is 3. The predicted octanol–water partition coefficient (Wildman–Crippen LogP) is 1.25. The molecule has 0 radical (unpaired) electrons. The summed E-state index contributed by atoms with van der Waals surface area (Å²) in [4.78, 5) is 15.5. The van der Waals surface area contributed by atoms with E-state index < -0.39 is 0 Å². The molecule has 1 aromatic carbocycles. The van der Waals surface area contributed by atoms with E-state index in [4.69, 9.17) is 5.11 Å². The van der Waals surface area contributed by atoms with Gasteiger partial charge in [-0.3, -0.25) is 0 Å². The zero-order valence-electron chi connectivity index (χ0n) is 12.3. The van der Waals surface area contributed by atoms with Crippen LogP contribution in [0.25, 0.3) is 0 Å². The molecule has 0 bridgehead atoms. The van der Waals surface area contributed by atoms with Crippen LogP contribution in [0.1, 0.15) is 18.1 Å². The molecule has 1 atom stereocenters. The summed E-state index contributed by atoms with van der Waals surface area (Å²) >= 11 is 0. The van der Waals surface area contributed by atoms with Crippen LogP contribution < -0.4 is 10.6 Å². The molecule has 7 heteroatoms. The molecule has 1 heterocycles. The summed E-state index contributed by atoms with van der Waals surface area (Å²) in [5.41, 5.74) is 1.32. The number of carbonyl (C=O) groups is 1. The number of aromatic nitrogens is 2. The van der Waals surface area contributed by atoms with Crippen LogP contribution >= 0.6 is 0 Å². The van der Waals surface area contributed by atoms with E-state index in [-0.39, 0.29) is 31.0 Å². The summed E-state index contributed by atoms with van der Waals surface area (Å²) in [6, 6.07) is 4.04. The summed E-state index contributed by atoms with van der Waals surface area (Å²) in [6.07, 6.45) is 5.01. The molecule has 1 aromatic heterocycles. The van der Waals surface area contributed by atoms with Crippen molar-refractivity contribution in [1.29, 1.82) is 0 Å². The van der Waals surface area contributed by atoms with E-state index in [1.54, 1.807) is 42.3 Å². The van der Waals surface area contributed by atoms with Crippen LogP contribution in [0.15, 0.2) is 36.9 Å². The topological polar surface area (TPSA) is 79.2 Å². The Morgan fingerprint density at radius 3 is 3.00 bits per heavy atom. The molecular weight excluding hydrogens is 287 g/mol. The second-order valence-electron chi connectivity index (χ2n) is 5.07. The van der Waals surface area contributed by atoms with Crippen LogP contribution in [-0.4, -0.2) is 33.3 Å². The maximum atomic E-state index is 13.8. The molecule has 0 aliphatic rings. The third-order valence-corrected chi connectivity index (χ3v) is 3.13. The van der Waals surface area contributed by atoms with Gasteiger partial charge in [0.25, 0.3) is 0 Å². The van der Waals surface area contributed by atoms with Gasteiger partial charge < -0.3 is 20.3 Å². The number of aliphatic hydroxyl groups is 1. The van der Waals surface area contributed by atoms with E-state index in [1.165, 1.54) is 6.07 Å². The Balaban J connectivity index is 1.96. The lowest BCUT2D eigenvalue weighted by molar-refractivity contribution is 0.220. The van der Waals surface area contributed by atoms with Gasteiger partial charge in [0, 0.05) is 24.5 Å². The second kappa shape index (κ2) is 7.56. The SMILES string of the molecule is C[C@H](CO)NC(=O)NCc1ccc(F)c(Cn2ccnc2)c1. The molecule has 6 nitrogen and oxygen atoms in total. The van der Waals surface area contributed by atoms with Gasteiger partial charge in [-0.15, -0.1) is 0 Å². The molecule has 0 aliphatic carbocycles. The Morgan fingerprint density at radius 1 is 1.50 bits per heavy atom. The van der Waals surface area contributed by atoms with Crippen LogP contribution in [0.5, 0.6) is 0 Å². The molecule has 0 aliphatic heterocycles. The molecule has 0 spiro atoms. The van der Waals surface area contributed by atoms with Crippen molar-refractivity contribution in [2.24, 2.45) is 0 Å². The largest absolute Gasteiger partial charge is 0.394 e. The number of hydrogen-bond donors (Lipinski definition) is 3. The summed E-state index contributed by atoms with van der Waals surface area (Å²) in [6.45, 7) is 2.23. The number of nitrogens with one attached hydrogen (secondary N) is 2. The third-order valence-electron chi connectivity index (χ3n) is 3.13. The van der Waals surface area contributed by atoms with Gasteiger partial charge in [-0.2, -0.15) is 0 Å². The highest BCUT2D eigenvalue weighted by Crippen LogP contribution is 2.12. The first-order valence-corrected chi connectivity index (χ1v) is 6.96. The van der Waals surface area contributed by atoms with Gasteiger partial charge in [0.15, 0.2) is 0 Å². The van der Waals surface area contributed by atoms with E-state index in [1.807, 2.05) is 0 Å². The van der Waals surface area contributed by atoms with Crippen molar-refractivity contribution < 1.29 is 14.3 Å². The number of imidazole rings is 1. The van der Waals surface area contributed by atoms with Crippen LogP contribution in [-0.2, 0) is 13.1 Å². The van der Waals surface area contributed by atoms with Crippen molar-refractivity contribution in [3.8, 4) is 0 Å². The number of carbonyl (C=O) groups excluding carboxylic acids is 1. The molecule has 3 N–H and O–H groups in total. The van der Waals surface area contributed by atoms with Crippen molar-refractivity contribution in [2.45, 2.75) is 26.1 Å². The normalized spacial score (nSPS) is 12.0. The minimum absolute atomic E-state index is 0.126. The highest BCUT2D eigenvalue weighted by atomic mass is 19.1. The average Bonchev–Trinajstić information content (AvgIpc) is 3.01. The Labute approximate surface area is 128 Å².